The van der Waals surface area contributed by atoms with Crippen molar-refractivity contribution in [1.82, 2.24) is 9.78 Å². The van der Waals surface area contributed by atoms with Crippen LogP contribution in [0, 0.1) is 17.4 Å². The molecular weight excluding hydrogens is 431 g/mol. The number of halogens is 2. The molecule has 0 saturated carbocycles. The summed E-state index contributed by atoms with van der Waals surface area (Å²) in [4.78, 5) is 0. The van der Waals surface area contributed by atoms with Crippen LogP contribution in [-0.4, -0.2) is 14.9 Å². The number of aliphatic hydroxyl groups is 1. The van der Waals surface area contributed by atoms with Crippen LogP contribution in [0.25, 0.3) is 0 Å². The maximum Gasteiger partial charge on any atom is 0.0856 e. The second kappa shape index (κ2) is 6.58. The Morgan fingerprint density at radius 3 is 2.75 bits per heavy atom. The normalized spacial score (nSPS) is 12.7. The lowest BCUT2D eigenvalue weighted by molar-refractivity contribution is 0.174. The van der Waals surface area contributed by atoms with Crippen LogP contribution >= 0.6 is 38.5 Å². The minimum absolute atomic E-state index is 0.514. The zero-order chi connectivity index (χ0) is 14.9. The molecule has 2 aromatic rings. The van der Waals surface area contributed by atoms with Crippen LogP contribution in [-0.2, 0) is 13.0 Å². The van der Waals surface area contributed by atoms with Gasteiger partial charge in [-0.15, -0.1) is 0 Å². The maximum absolute atomic E-state index is 10.6. The van der Waals surface area contributed by atoms with Crippen molar-refractivity contribution in [3.05, 3.63) is 48.8 Å². The first-order valence-corrected chi connectivity index (χ1v) is 8.47. The topological polar surface area (TPSA) is 38.0 Å². The zero-order valence-corrected chi connectivity index (χ0v) is 15.6. The fourth-order valence-corrected chi connectivity index (χ4v) is 3.45. The van der Waals surface area contributed by atoms with Crippen molar-refractivity contribution >= 4 is 38.5 Å². The highest BCUT2D eigenvalue weighted by Crippen LogP contribution is 2.29. The molecule has 108 valence electrons. The summed E-state index contributed by atoms with van der Waals surface area (Å²) in [5.74, 6) is 0. The summed E-state index contributed by atoms with van der Waals surface area (Å²) in [5.41, 5.74) is 4.20. The molecule has 0 spiro atoms. The van der Waals surface area contributed by atoms with Gasteiger partial charge in [-0.2, -0.15) is 5.10 Å². The summed E-state index contributed by atoms with van der Waals surface area (Å²) in [5, 5.41) is 15.0. The van der Waals surface area contributed by atoms with E-state index in [2.05, 4.69) is 63.5 Å². The lowest BCUT2D eigenvalue weighted by Gasteiger charge is -2.15. The predicted molar refractivity (Wildman–Crippen MR) is 92.9 cm³/mol. The van der Waals surface area contributed by atoms with Gasteiger partial charge in [0.05, 0.1) is 22.0 Å². The first-order chi connectivity index (χ1) is 9.45. The van der Waals surface area contributed by atoms with E-state index in [9.17, 15) is 5.11 Å². The standard InChI is InChI=1S/C15H18BrIN2O/c1-4-19-12(14(16)10(3)18-19)8-13(20)11-7-5-6-9(2)15(11)17/h5-7,13,20H,4,8H2,1-3H3. The highest BCUT2D eigenvalue weighted by Gasteiger charge is 2.19. The third kappa shape index (κ3) is 3.09. The van der Waals surface area contributed by atoms with Crippen molar-refractivity contribution in [1.29, 1.82) is 0 Å². The van der Waals surface area contributed by atoms with E-state index in [1.807, 2.05) is 23.7 Å². The number of aliphatic hydroxyl groups excluding tert-OH is 1. The molecule has 5 heteroatoms. The number of aromatic nitrogens is 2. The van der Waals surface area contributed by atoms with Crippen LogP contribution in [0.1, 0.15) is 35.5 Å². The van der Waals surface area contributed by atoms with Crippen molar-refractivity contribution in [2.24, 2.45) is 0 Å². The monoisotopic (exact) mass is 448 g/mol. The number of nitrogens with zero attached hydrogens (tertiary/aromatic N) is 2. The average molecular weight is 449 g/mol. The number of benzene rings is 1. The second-order valence-electron chi connectivity index (χ2n) is 4.86. The van der Waals surface area contributed by atoms with E-state index >= 15 is 0 Å². The molecule has 1 N–H and O–H groups in total. The molecule has 1 atom stereocenters. The molecule has 0 saturated heterocycles. The maximum atomic E-state index is 10.6. The number of rotatable bonds is 4. The average Bonchev–Trinajstić information content (AvgIpc) is 2.69. The van der Waals surface area contributed by atoms with Crippen LogP contribution in [0.2, 0.25) is 0 Å². The fourth-order valence-electron chi connectivity index (χ4n) is 2.28. The molecule has 0 amide bonds. The van der Waals surface area contributed by atoms with Gasteiger partial charge in [0.1, 0.15) is 0 Å². The van der Waals surface area contributed by atoms with Crippen LogP contribution in [0.15, 0.2) is 22.7 Å². The minimum Gasteiger partial charge on any atom is -0.388 e. The molecule has 0 fully saturated rings. The van der Waals surface area contributed by atoms with Gasteiger partial charge in [0.2, 0.25) is 0 Å². The molecule has 1 heterocycles. The van der Waals surface area contributed by atoms with Crippen molar-refractivity contribution in [3.63, 3.8) is 0 Å². The number of aryl methyl sites for hydroxylation is 3. The Bertz CT molecular complexity index is 625. The molecule has 2 rings (SSSR count). The number of hydrogen-bond donors (Lipinski definition) is 1. The summed E-state index contributed by atoms with van der Waals surface area (Å²) in [6, 6.07) is 6.05. The van der Waals surface area contributed by atoms with Crippen molar-refractivity contribution < 1.29 is 5.11 Å². The summed E-state index contributed by atoms with van der Waals surface area (Å²) in [7, 11) is 0. The van der Waals surface area contributed by atoms with Gasteiger partial charge in [0.25, 0.3) is 0 Å². The molecule has 20 heavy (non-hydrogen) atoms. The first kappa shape index (κ1) is 16.0. The molecule has 1 unspecified atom stereocenters. The molecule has 0 aliphatic heterocycles. The summed E-state index contributed by atoms with van der Waals surface area (Å²) in [6.45, 7) is 6.90. The van der Waals surface area contributed by atoms with E-state index in [4.69, 9.17) is 0 Å². The van der Waals surface area contributed by atoms with Gasteiger partial charge in [-0.05, 0) is 70.4 Å². The number of hydrogen-bond acceptors (Lipinski definition) is 2. The van der Waals surface area contributed by atoms with Gasteiger partial charge >= 0.3 is 0 Å². The van der Waals surface area contributed by atoms with E-state index in [0.717, 1.165) is 31.5 Å². The van der Waals surface area contributed by atoms with Crippen molar-refractivity contribution in [2.75, 3.05) is 0 Å². The van der Waals surface area contributed by atoms with Gasteiger partial charge in [-0.25, -0.2) is 0 Å². The first-order valence-electron chi connectivity index (χ1n) is 6.60. The molecular formula is C15H18BrIN2O. The van der Waals surface area contributed by atoms with Crippen LogP contribution in [0.4, 0.5) is 0 Å². The second-order valence-corrected chi connectivity index (χ2v) is 6.73. The minimum atomic E-state index is -0.514. The Labute approximate surface area is 141 Å². The smallest absolute Gasteiger partial charge is 0.0856 e. The predicted octanol–water partition coefficient (Wildman–Crippen LogP) is 4.16. The highest BCUT2D eigenvalue weighted by molar-refractivity contribution is 14.1. The molecule has 3 nitrogen and oxygen atoms in total. The lowest BCUT2D eigenvalue weighted by atomic mass is 10.0. The fraction of sp³-hybridized carbons (Fsp3) is 0.400. The van der Waals surface area contributed by atoms with Crippen molar-refractivity contribution in [2.45, 2.75) is 39.8 Å². The van der Waals surface area contributed by atoms with Crippen LogP contribution < -0.4 is 0 Å². The van der Waals surface area contributed by atoms with E-state index in [-0.39, 0.29) is 0 Å². The van der Waals surface area contributed by atoms with Crippen LogP contribution in [0.3, 0.4) is 0 Å². The molecule has 1 aromatic heterocycles. The van der Waals surface area contributed by atoms with Gasteiger partial charge in [-0.3, -0.25) is 4.68 Å². The van der Waals surface area contributed by atoms with E-state index < -0.39 is 6.10 Å². The Hall–Kier alpha value is -0.400. The van der Waals surface area contributed by atoms with E-state index in [0.29, 0.717) is 6.42 Å². The summed E-state index contributed by atoms with van der Waals surface area (Å²) >= 11 is 5.88. The third-order valence-electron chi connectivity index (χ3n) is 3.42. The highest BCUT2D eigenvalue weighted by atomic mass is 127. The van der Waals surface area contributed by atoms with Gasteiger partial charge in [0.15, 0.2) is 0 Å². The third-order valence-corrected chi connectivity index (χ3v) is 5.93. The largest absolute Gasteiger partial charge is 0.388 e. The molecule has 0 bridgehead atoms. The summed E-state index contributed by atoms with van der Waals surface area (Å²) in [6.07, 6.45) is 0.0499. The Morgan fingerprint density at radius 1 is 1.40 bits per heavy atom. The Kier molecular flexibility index (Phi) is 5.25. The molecule has 1 aromatic carbocycles. The van der Waals surface area contributed by atoms with Gasteiger partial charge in [0, 0.05) is 16.5 Å². The van der Waals surface area contributed by atoms with E-state index in [1.54, 1.807) is 0 Å². The molecule has 0 aliphatic rings. The zero-order valence-electron chi connectivity index (χ0n) is 11.8. The van der Waals surface area contributed by atoms with Crippen LogP contribution in [0.5, 0.6) is 0 Å². The lowest BCUT2D eigenvalue weighted by Crippen LogP contribution is -2.10. The molecule has 0 aliphatic carbocycles. The quantitative estimate of drug-likeness (QED) is 0.713. The van der Waals surface area contributed by atoms with Crippen molar-refractivity contribution in [3.8, 4) is 0 Å². The molecule has 0 radical (unpaired) electrons. The Morgan fingerprint density at radius 2 is 2.10 bits per heavy atom. The van der Waals surface area contributed by atoms with Gasteiger partial charge in [-0.1, -0.05) is 18.2 Å². The summed E-state index contributed by atoms with van der Waals surface area (Å²) < 4.78 is 4.08. The Balaban J connectivity index is 2.32. The SMILES string of the molecule is CCn1nc(C)c(Br)c1CC(O)c1cccc(C)c1I. The van der Waals surface area contributed by atoms with Gasteiger partial charge < -0.3 is 5.11 Å². The van der Waals surface area contributed by atoms with E-state index in [1.165, 1.54) is 5.56 Å².